The molecule has 0 spiro atoms. The summed E-state index contributed by atoms with van der Waals surface area (Å²) < 4.78 is 25.1. The summed E-state index contributed by atoms with van der Waals surface area (Å²) in [7, 11) is 0. The number of nitrogens with two attached hydrogens (primary N) is 1. The molecule has 0 bridgehead atoms. The number of benzene rings is 4. The lowest BCUT2D eigenvalue weighted by Gasteiger charge is -2.09. The van der Waals surface area contributed by atoms with Gasteiger partial charge < -0.3 is 16.4 Å². The summed E-state index contributed by atoms with van der Waals surface area (Å²) >= 11 is 0. The van der Waals surface area contributed by atoms with Crippen LogP contribution in [-0.4, -0.2) is 22.0 Å². The zero-order valence-electron chi connectivity index (χ0n) is 22.2. The molecule has 0 radical (unpaired) electrons. The fraction of sp³-hybridized carbons (Fsp3) is 0.0714. The molecular weight excluding hydrogens is 554 g/mol. The number of isocyanates is 1. The Morgan fingerprint density at radius 2 is 1.38 bits per heavy atom. The van der Waals surface area contributed by atoms with Crippen molar-refractivity contribution in [3.05, 3.63) is 128 Å². The Labute approximate surface area is 237 Å². The maximum atomic E-state index is 13.0. The van der Waals surface area contributed by atoms with E-state index in [1.54, 1.807) is 32.0 Å². The number of anilines is 3. The second-order valence-electron chi connectivity index (χ2n) is 8.33. The third-order valence-electron chi connectivity index (χ3n) is 5.16. The molecule has 0 fully saturated rings. The van der Waals surface area contributed by atoms with Crippen molar-refractivity contribution in [2.24, 2.45) is 4.99 Å². The maximum Gasteiger partial charge on any atom is 0.323 e. The molecule has 0 aliphatic heterocycles. The van der Waals surface area contributed by atoms with Gasteiger partial charge in [-0.15, -0.1) is 0 Å². The standard InChI is InChI=1S/C14H12FN3O3.C8H6N2O3.C6H6FN/c1-9-7-12(18(20)21)5-6-13(9)17-14(19)16-11-4-2-3-10(15)8-11;1-6-4-7(10(12)13)2-3-8(6)9-5-11;7-5-2-1-3-6(8)4-5/h2-8H,1H3,(H2,16,17,19);2-4H,1H3;1-4H,8H2. The number of nitrogens with zero attached hydrogens (tertiary/aromatic N) is 3. The van der Waals surface area contributed by atoms with Crippen LogP contribution in [0.1, 0.15) is 11.1 Å². The SMILES string of the molecule is Cc1cc([N+](=O)[O-])ccc1N=C=O.Cc1cc([N+](=O)[O-])ccc1NC(=O)Nc1cccc(F)c1.Nc1cccc(F)c1. The number of aliphatic imine (C=N–C) groups is 1. The first-order valence-electron chi connectivity index (χ1n) is 11.8. The molecule has 0 unspecified atom stereocenters. The molecular formula is C28H24F2N6O6. The zero-order chi connectivity index (χ0) is 31.2. The number of nitro groups is 2. The van der Waals surface area contributed by atoms with Crippen LogP contribution in [0.4, 0.5) is 47.7 Å². The average molecular weight is 579 g/mol. The fourth-order valence-electron chi connectivity index (χ4n) is 3.19. The summed E-state index contributed by atoms with van der Waals surface area (Å²) in [6.45, 7) is 3.29. The molecule has 4 N–H and O–H groups in total. The minimum atomic E-state index is -0.558. The molecule has 0 aliphatic rings. The van der Waals surface area contributed by atoms with Crippen molar-refractivity contribution in [3.63, 3.8) is 0 Å². The van der Waals surface area contributed by atoms with Gasteiger partial charge in [0.05, 0.1) is 15.5 Å². The molecule has 0 atom stereocenters. The number of nitro benzene ring substituents is 2. The molecule has 0 saturated heterocycles. The monoisotopic (exact) mass is 578 g/mol. The molecule has 0 saturated carbocycles. The predicted molar refractivity (Wildman–Crippen MR) is 153 cm³/mol. The highest BCUT2D eigenvalue weighted by Gasteiger charge is 2.10. The molecule has 4 rings (SSSR count). The number of rotatable bonds is 5. The Kier molecular flexibility index (Phi) is 11.9. The highest BCUT2D eigenvalue weighted by molar-refractivity contribution is 6.00. The Morgan fingerprint density at radius 3 is 1.86 bits per heavy atom. The van der Waals surface area contributed by atoms with E-state index < -0.39 is 21.7 Å². The number of carbonyl (C=O) groups is 1. The average Bonchev–Trinajstić information content (AvgIpc) is 2.91. The van der Waals surface area contributed by atoms with Gasteiger partial charge in [-0.05, 0) is 73.5 Å². The van der Waals surface area contributed by atoms with Crippen LogP contribution in [0.2, 0.25) is 0 Å². The summed E-state index contributed by atoms with van der Waals surface area (Å²) in [5.74, 6) is -0.746. The van der Waals surface area contributed by atoms with Crippen molar-refractivity contribution in [2.45, 2.75) is 13.8 Å². The summed E-state index contributed by atoms with van der Waals surface area (Å²) in [5, 5.41) is 26.0. The Hall–Kier alpha value is -6.01. The Balaban J connectivity index is 0.000000248. The van der Waals surface area contributed by atoms with Gasteiger partial charge in [0, 0.05) is 41.3 Å². The third-order valence-corrected chi connectivity index (χ3v) is 5.16. The lowest BCUT2D eigenvalue weighted by atomic mass is 10.2. The number of nitrogens with one attached hydrogen (secondary N) is 2. The molecule has 0 aromatic heterocycles. The Bertz CT molecular complexity index is 1630. The van der Waals surface area contributed by atoms with E-state index in [-0.39, 0.29) is 17.2 Å². The van der Waals surface area contributed by atoms with E-state index in [0.29, 0.717) is 33.9 Å². The second kappa shape index (κ2) is 15.5. The molecule has 12 nitrogen and oxygen atoms in total. The topological polar surface area (TPSA) is 183 Å². The fourth-order valence-corrected chi connectivity index (χ4v) is 3.19. The molecule has 0 heterocycles. The van der Waals surface area contributed by atoms with E-state index in [4.69, 9.17) is 5.73 Å². The number of amides is 2. The van der Waals surface area contributed by atoms with E-state index in [0.717, 1.165) is 0 Å². The first-order chi connectivity index (χ1) is 19.9. The number of halogens is 2. The number of urea groups is 1. The van der Waals surface area contributed by atoms with Crippen LogP contribution in [0.3, 0.4) is 0 Å². The largest absolute Gasteiger partial charge is 0.399 e. The van der Waals surface area contributed by atoms with E-state index in [1.165, 1.54) is 72.8 Å². The van der Waals surface area contributed by atoms with Crippen molar-refractivity contribution >= 4 is 46.2 Å². The number of carbonyl (C=O) groups excluding carboxylic acids is 2. The lowest BCUT2D eigenvalue weighted by molar-refractivity contribution is -0.385. The number of non-ortho nitro benzene ring substituents is 2. The maximum absolute atomic E-state index is 13.0. The van der Waals surface area contributed by atoms with Crippen LogP contribution >= 0.6 is 0 Å². The summed E-state index contributed by atoms with van der Waals surface area (Å²) in [6.07, 6.45) is 1.38. The quantitative estimate of drug-likeness (QED) is 0.0751. The molecule has 4 aromatic carbocycles. The van der Waals surface area contributed by atoms with E-state index in [9.17, 15) is 38.6 Å². The van der Waals surface area contributed by atoms with Gasteiger partial charge in [-0.1, -0.05) is 12.1 Å². The second-order valence-corrected chi connectivity index (χ2v) is 8.33. The van der Waals surface area contributed by atoms with Crippen LogP contribution in [-0.2, 0) is 4.79 Å². The molecule has 4 aromatic rings. The van der Waals surface area contributed by atoms with E-state index >= 15 is 0 Å². The molecule has 0 aliphatic carbocycles. The number of hydrogen-bond acceptors (Lipinski definition) is 8. The van der Waals surface area contributed by atoms with Crippen LogP contribution in [0.5, 0.6) is 0 Å². The van der Waals surface area contributed by atoms with Gasteiger partial charge in [-0.25, -0.2) is 18.4 Å². The zero-order valence-corrected chi connectivity index (χ0v) is 22.2. The minimum Gasteiger partial charge on any atom is -0.399 e. The van der Waals surface area contributed by atoms with Crippen LogP contribution < -0.4 is 16.4 Å². The van der Waals surface area contributed by atoms with Crippen LogP contribution in [0, 0.1) is 45.7 Å². The van der Waals surface area contributed by atoms with Gasteiger partial charge in [0.15, 0.2) is 0 Å². The van der Waals surface area contributed by atoms with Gasteiger partial charge in [0.1, 0.15) is 11.6 Å². The van der Waals surface area contributed by atoms with Crippen molar-refractivity contribution < 1.29 is 28.2 Å². The minimum absolute atomic E-state index is 0.0117. The molecule has 216 valence electrons. The number of nitrogen functional groups attached to an aromatic ring is 1. The van der Waals surface area contributed by atoms with Crippen molar-refractivity contribution in [2.75, 3.05) is 16.4 Å². The highest BCUT2D eigenvalue weighted by atomic mass is 19.1. The van der Waals surface area contributed by atoms with Gasteiger partial charge >= 0.3 is 6.03 Å². The number of hydrogen-bond donors (Lipinski definition) is 3. The first kappa shape index (κ1) is 32.2. The van der Waals surface area contributed by atoms with Crippen LogP contribution in [0.15, 0.2) is 89.9 Å². The third kappa shape index (κ3) is 10.6. The summed E-state index contributed by atoms with van der Waals surface area (Å²) in [6, 6.07) is 18.9. The van der Waals surface area contributed by atoms with Crippen molar-refractivity contribution in [1.82, 2.24) is 0 Å². The molecule has 42 heavy (non-hydrogen) atoms. The number of aryl methyl sites for hydroxylation is 2. The van der Waals surface area contributed by atoms with Crippen molar-refractivity contribution in [3.8, 4) is 0 Å². The van der Waals surface area contributed by atoms with Gasteiger partial charge in [-0.2, -0.15) is 4.99 Å². The van der Waals surface area contributed by atoms with Gasteiger partial charge in [-0.3, -0.25) is 20.2 Å². The summed E-state index contributed by atoms with van der Waals surface area (Å²) in [5.41, 5.74) is 7.91. The van der Waals surface area contributed by atoms with E-state index in [2.05, 4.69) is 15.6 Å². The first-order valence-corrected chi connectivity index (χ1v) is 11.8. The van der Waals surface area contributed by atoms with Crippen molar-refractivity contribution in [1.29, 1.82) is 0 Å². The normalized spacial score (nSPS) is 9.52. The Morgan fingerprint density at radius 1 is 0.810 bits per heavy atom. The highest BCUT2D eigenvalue weighted by Crippen LogP contribution is 2.23. The lowest BCUT2D eigenvalue weighted by Crippen LogP contribution is -2.20. The van der Waals surface area contributed by atoms with Gasteiger partial charge in [0.2, 0.25) is 6.08 Å². The smallest absolute Gasteiger partial charge is 0.323 e. The van der Waals surface area contributed by atoms with Crippen LogP contribution in [0.25, 0.3) is 0 Å². The van der Waals surface area contributed by atoms with Gasteiger partial charge in [0.25, 0.3) is 11.4 Å². The van der Waals surface area contributed by atoms with E-state index in [1.807, 2.05) is 0 Å². The molecule has 2 amide bonds. The summed E-state index contributed by atoms with van der Waals surface area (Å²) in [4.78, 5) is 45.0. The molecule has 14 heteroatoms. The predicted octanol–water partition coefficient (Wildman–Crippen LogP) is 6.96.